The van der Waals surface area contributed by atoms with Gasteiger partial charge in [0.05, 0.1) is 5.56 Å². The van der Waals surface area contributed by atoms with E-state index < -0.39 is 11.9 Å². The highest BCUT2D eigenvalue weighted by atomic mass is 16.3. The van der Waals surface area contributed by atoms with Gasteiger partial charge in [-0.25, -0.2) is 0 Å². The molecule has 1 aliphatic heterocycles. The first-order valence-corrected chi connectivity index (χ1v) is 7.39. The molecule has 2 N–H and O–H groups in total. The number of likely N-dealkylation sites (tertiary alicyclic amines) is 1. The molecule has 5 nitrogen and oxygen atoms in total. The highest BCUT2D eigenvalue weighted by Gasteiger charge is 2.24. The van der Waals surface area contributed by atoms with Crippen molar-refractivity contribution >= 4 is 11.8 Å². The molecule has 0 aromatic heterocycles. The van der Waals surface area contributed by atoms with Crippen LogP contribution in [-0.4, -0.2) is 41.0 Å². The lowest BCUT2D eigenvalue weighted by atomic mass is 10.1. The van der Waals surface area contributed by atoms with Gasteiger partial charge in [-0.3, -0.25) is 9.59 Å². The number of carbonyl (C=O) groups is 2. The van der Waals surface area contributed by atoms with Crippen molar-refractivity contribution in [3.05, 3.63) is 29.3 Å². The number of para-hydroxylation sites is 1. The smallest absolute Gasteiger partial charge is 0.255 e. The second-order valence-electron chi connectivity index (χ2n) is 5.55. The van der Waals surface area contributed by atoms with Crippen LogP contribution in [0.15, 0.2) is 18.2 Å². The molecule has 1 aromatic carbocycles. The largest absolute Gasteiger partial charge is 0.507 e. The van der Waals surface area contributed by atoms with E-state index in [-0.39, 0.29) is 17.2 Å². The van der Waals surface area contributed by atoms with E-state index in [9.17, 15) is 14.7 Å². The highest BCUT2D eigenvalue weighted by molar-refractivity contribution is 5.99. The van der Waals surface area contributed by atoms with Crippen LogP contribution >= 0.6 is 0 Å². The molecule has 0 saturated carbocycles. The fourth-order valence-corrected chi connectivity index (χ4v) is 2.57. The third-order valence-electron chi connectivity index (χ3n) is 3.87. The summed E-state index contributed by atoms with van der Waals surface area (Å²) >= 11 is 0. The van der Waals surface area contributed by atoms with Crippen molar-refractivity contribution in [1.29, 1.82) is 0 Å². The summed E-state index contributed by atoms with van der Waals surface area (Å²) in [5.41, 5.74) is 0.839. The number of amides is 2. The van der Waals surface area contributed by atoms with Crippen molar-refractivity contribution in [2.45, 2.75) is 39.2 Å². The molecule has 1 saturated heterocycles. The maximum absolute atomic E-state index is 12.3. The minimum Gasteiger partial charge on any atom is -0.507 e. The van der Waals surface area contributed by atoms with Crippen molar-refractivity contribution in [2.24, 2.45) is 0 Å². The average Bonchev–Trinajstić information content (AvgIpc) is 2.50. The van der Waals surface area contributed by atoms with Crippen LogP contribution in [0.1, 0.15) is 42.1 Å². The molecule has 0 spiro atoms. The molecule has 1 aliphatic rings. The van der Waals surface area contributed by atoms with Crippen molar-refractivity contribution in [1.82, 2.24) is 10.2 Å². The zero-order valence-electron chi connectivity index (χ0n) is 12.6. The first-order chi connectivity index (χ1) is 10.0. The maximum atomic E-state index is 12.3. The predicted molar refractivity (Wildman–Crippen MR) is 80.2 cm³/mol. The van der Waals surface area contributed by atoms with Crippen LogP contribution in [-0.2, 0) is 4.79 Å². The first-order valence-electron chi connectivity index (χ1n) is 7.39. The molecule has 2 rings (SSSR count). The van der Waals surface area contributed by atoms with Crippen molar-refractivity contribution in [3.8, 4) is 5.75 Å². The summed E-state index contributed by atoms with van der Waals surface area (Å²) in [7, 11) is 0. The second kappa shape index (κ2) is 6.61. The summed E-state index contributed by atoms with van der Waals surface area (Å²) < 4.78 is 0. The van der Waals surface area contributed by atoms with E-state index in [4.69, 9.17) is 0 Å². The summed E-state index contributed by atoms with van der Waals surface area (Å²) in [5, 5.41) is 12.6. The topological polar surface area (TPSA) is 69.6 Å². The predicted octanol–water partition coefficient (Wildman–Crippen LogP) is 1.83. The molecule has 5 heteroatoms. The Morgan fingerprint density at radius 1 is 1.24 bits per heavy atom. The number of rotatable bonds is 3. The number of nitrogens with one attached hydrogen (secondary N) is 1. The van der Waals surface area contributed by atoms with Crippen molar-refractivity contribution < 1.29 is 14.7 Å². The van der Waals surface area contributed by atoms with E-state index in [0.717, 1.165) is 32.4 Å². The number of hydrogen-bond donors (Lipinski definition) is 2. The Morgan fingerprint density at radius 2 is 1.90 bits per heavy atom. The van der Waals surface area contributed by atoms with Crippen LogP contribution in [0.3, 0.4) is 0 Å². The Morgan fingerprint density at radius 3 is 2.57 bits per heavy atom. The van der Waals surface area contributed by atoms with Gasteiger partial charge < -0.3 is 15.3 Å². The molecule has 0 bridgehead atoms. The second-order valence-corrected chi connectivity index (χ2v) is 5.55. The number of benzene rings is 1. The van der Waals surface area contributed by atoms with Gasteiger partial charge in [-0.1, -0.05) is 12.1 Å². The molecule has 114 valence electrons. The number of aromatic hydroxyl groups is 1. The Balaban J connectivity index is 2.01. The van der Waals surface area contributed by atoms with E-state index >= 15 is 0 Å². The van der Waals surface area contributed by atoms with E-state index in [2.05, 4.69) is 5.32 Å². The van der Waals surface area contributed by atoms with Gasteiger partial charge in [-0.15, -0.1) is 0 Å². The molecular weight excluding hydrogens is 268 g/mol. The third-order valence-corrected chi connectivity index (χ3v) is 3.87. The lowest BCUT2D eigenvalue weighted by molar-refractivity contribution is -0.133. The molecule has 21 heavy (non-hydrogen) atoms. The maximum Gasteiger partial charge on any atom is 0.255 e. The summed E-state index contributed by atoms with van der Waals surface area (Å²) in [6, 6.07) is 4.40. The zero-order valence-corrected chi connectivity index (χ0v) is 12.6. The Labute approximate surface area is 125 Å². The van der Waals surface area contributed by atoms with Gasteiger partial charge in [0, 0.05) is 13.1 Å². The molecule has 1 heterocycles. The van der Waals surface area contributed by atoms with Crippen molar-refractivity contribution in [2.75, 3.05) is 13.1 Å². The number of phenolic OH excluding ortho intramolecular Hbond substituents is 1. The number of carbonyl (C=O) groups excluding carboxylic acids is 2. The monoisotopic (exact) mass is 290 g/mol. The van der Waals surface area contributed by atoms with E-state index in [1.165, 1.54) is 0 Å². The molecule has 1 fully saturated rings. The van der Waals surface area contributed by atoms with Crippen LogP contribution in [0.25, 0.3) is 0 Å². The van der Waals surface area contributed by atoms with Gasteiger partial charge in [-0.2, -0.15) is 0 Å². The molecular formula is C16H22N2O3. The number of nitrogens with zero attached hydrogens (tertiary/aromatic N) is 1. The Hall–Kier alpha value is -2.04. The normalized spacial score (nSPS) is 16.4. The van der Waals surface area contributed by atoms with Crippen LogP contribution in [0.2, 0.25) is 0 Å². The zero-order chi connectivity index (χ0) is 15.4. The van der Waals surface area contributed by atoms with Crippen LogP contribution < -0.4 is 5.32 Å². The third kappa shape index (κ3) is 3.54. The minimum atomic E-state index is -0.587. The minimum absolute atomic E-state index is 0.0346. The van der Waals surface area contributed by atoms with Gasteiger partial charge >= 0.3 is 0 Å². The fraction of sp³-hybridized carbons (Fsp3) is 0.500. The Bertz CT molecular complexity index is 536. The standard InChI is InChI=1S/C16H22N2O3/c1-11-7-6-8-13(14(11)19)15(20)17-12(2)16(21)18-9-4-3-5-10-18/h6-8,12,19H,3-5,9-10H2,1-2H3,(H,17,20). The van der Waals surface area contributed by atoms with Crippen LogP contribution in [0.4, 0.5) is 0 Å². The number of phenols is 1. The Kier molecular flexibility index (Phi) is 4.83. The lowest BCUT2D eigenvalue weighted by Crippen LogP contribution is -2.48. The average molecular weight is 290 g/mol. The molecule has 1 aromatic rings. The van der Waals surface area contributed by atoms with E-state index in [1.807, 2.05) is 0 Å². The van der Waals surface area contributed by atoms with Crippen LogP contribution in [0, 0.1) is 6.92 Å². The van der Waals surface area contributed by atoms with E-state index in [0.29, 0.717) is 5.56 Å². The van der Waals surface area contributed by atoms with Gasteiger partial charge in [0.25, 0.3) is 5.91 Å². The van der Waals surface area contributed by atoms with Crippen molar-refractivity contribution in [3.63, 3.8) is 0 Å². The summed E-state index contributed by atoms with van der Waals surface area (Å²) in [5.74, 6) is -0.517. The summed E-state index contributed by atoms with van der Waals surface area (Å²) in [6.45, 7) is 4.93. The molecule has 0 radical (unpaired) electrons. The van der Waals surface area contributed by atoms with E-state index in [1.54, 1.807) is 36.9 Å². The molecule has 1 atom stereocenters. The number of aryl methyl sites for hydroxylation is 1. The molecule has 0 aliphatic carbocycles. The van der Waals surface area contributed by atoms with Gasteiger partial charge in [0.15, 0.2) is 0 Å². The number of hydrogen-bond acceptors (Lipinski definition) is 3. The number of piperidine rings is 1. The lowest BCUT2D eigenvalue weighted by Gasteiger charge is -2.29. The fourth-order valence-electron chi connectivity index (χ4n) is 2.57. The van der Waals surface area contributed by atoms with Gasteiger partial charge in [-0.05, 0) is 44.7 Å². The highest BCUT2D eigenvalue weighted by Crippen LogP contribution is 2.21. The molecule has 2 amide bonds. The van der Waals surface area contributed by atoms with Crippen LogP contribution in [0.5, 0.6) is 5.75 Å². The summed E-state index contributed by atoms with van der Waals surface area (Å²) in [4.78, 5) is 26.2. The SMILES string of the molecule is Cc1cccc(C(=O)NC(C)C(=O)N2CCCCC2)c1O. The van der Waals surface area contributed by atoms with Gasteiger partial charge in [0.2, 0.25) is 5.91 Å². The van der Waals surface area contributed by atoms with Gasteiger partial charge in [0.1, 0.15) is 11.8 Å². The summed E-state index contributed by atoms with van der Waals surface area (Å²) in [6.07, 6.45) is 3.19. The first kappa shape index (κ1) is 15.4. The quantitative estimate of drug-likeness (QED) is 0.892. The molecule has 1 unspecified atom stereocenters.